The highest BCUT2D eigenvalue weighted by molar-refractivity contribution is 5.89. The Labute approximate surface area is 215 Å². The number of carbonyl (C=O) groups is 2. The van der Waals surface area contributed by atoms with E-state index in [1.807, 2.05) is 0 Å². The normalized spacial score (nSPS) is 42.8. The first-order valence-electron chi connectivity index (χ1n) is 11.7. The summed E-state index contributed by atoms with van der Waals surface area (Å²) in [7, 11) is 0. The lowest BCUT2D eigenvalue weighted by Gasteiger charge is -2.46. The van der Waals surface area contributed by atoms with Crippen LogP contribution in [0.25, 0.3) is 0 Å². The van der Waals surface area contributed by atoms with E-state index in [0.29, 0.717) is 0 Å². The number of carboxylic acids is 2. The Hall–Kier alpha value is -2.22. The lowest BCUT2D eigenvalue weighted by molar-refractivity contribution is -0.368. The Morgan fingerprint density at radius 2 is 1.45 bits per heavy atom. The molecule has 12 atom stereocenters. The molecule has 3 rings (SSSR count). The zero-order valence-corrected chi connectivity index (χ0v) is 20.1. The molecule has 3 heterocycles. The number of aliphatic carboxylic acids is 2. The van der Waals surface area contributed by atoms with Gasteiger partial charge in [0.2, 0.25) is 6.29 Å². The quantitative estimate of drug-likeness (QED) is 0.123. The maximum Gasteiger partial charge on any atom is 0.335 e. The number of hydrogen-bond acceptors (Lipinski definition) is 14. The zero-order valence-electron chi connectivity index (χ0n) is 20.1. The van der Waals surface area contributed by atoms with Gasteiger partial charge in [-0.25, -0.2) is 4.79 Å². The number of aliphatic hydroxyl groups excluding tert-OH is 7. The molecular formula is C22H32O16. The van der Waals surface area contributed by atoms with Crippen LogP contribution >= 0.6 is 0 Å². The number of hydrogen-bond donors (Lipinski definition) is 9. The predicted molar refractivity (Wildman–Crippen MR) is 118 cm³/mol. The fourth-order valence-corrected chi connectivity index (χ4v) is 4.48. The molecule has 0 spiro atoms. The molecule has 0 aromatic heterocycles. The third-order valence-electron chi connectivity index (χ3n) is 6.55. The summed E-state index contributed by atoms with van der Waals surface area (Å²) in [6.45, 7) is -0.0624. The Balaban J connectivity index is 1.76. The van der Waals surface area contributed by atoms with Crippen molar-refractivity contribution in [3.05, 3.63) is 23.5 Å². The van der Waals surface area contributed by atoms with Gasteiger partial charge in [0.15, 0.2) is 12.6 Å². The Morgan fingerprint density at radius 3 is 2.00 bits per heavy atom. The summed E-state index contributed by atoms with van der Waals surface area (Å²) >= 11 is 0. The molecule has 9 N–H and O–H groups in total. The van der Waals surface area contributed by atoms with Crippen LogP contribution in [-0.4, -0.2) is 139 Å². The van der Waals surface area contributed by atoms with Crippen molar-refractivity contribution in [2.75, 3.05) is 13.2 Å². The fourth-order valence-electron chi connectivity index (χ4n) is 4.48. The fraction of sp³-hybridized carbons (Fsp3) is 0.727. The Morgan fingerprint density at radius 1 is 0.868 bits per heavy atom. The largest absolute Gasteiger partial charge is 0.481 e. The van der Waals surface area contributed by atoms with Gasteiger partial charge in [0.1, 0.15) is 48.8 Å². The van der Waals surface area contributed by atoms with Crippen molar-refractivity contribution < 1.29 is 79.2 Å². The molecule has 0 amide bonds. The summed E-state index contributed by atoms with van der Waals surface area (Å²) in [6, 6.07) is 0. The second-order valence-electron chi connectivity index (χ2n) is 8.93. The number of aliphatic hydroxyl groups is 7. The molecule has 0 saturated carbocycles. The van der Waals surface area contributed by atoms with Crippen LogP contribution in [0.1, 0.15) is 13.3 Å². The third-order valence-corrected chi connectivity index (χ3v) is 6.55. The highest BCUT2D eigenvalue weighted by Gasteiger charge is 2.51. The number of allylic oxidation sites excluding steroid dienone is 1. The van der Waals surface area contributed by atoms with Crippen molar-refractivity contribution in [2.24, 2.45) is 5.92 Å². The molecular weight excluding hydrogens is 520 g/mol. The molecule has 38 heavy (non-hydrogen) atoms. The average molecular weight is 552 g/mol. The summed E-state index contributed by atoms with van der Waals surface area (Å²) in [6.07, 6.45) is -16.6. The minimum absolute atomic E-state index is 0.0952. The van der Waals surface area contributed by atoms with E-state index in [9.17, 15) is 55.5 Å². The van der Waals surface area contributed by atoms with Gasteiger partial charge in [0, 0.05) is 11.5 Å². The van der Waals surface area contributed by atoms with Crippen LogP contribution in [0.5, 0.6) is 0 Å². The van der Waals surface area contributed by atoms with Gasteiger partial charge in [-0.1, -0.05) is 6.08 Å². The van der Waals surface area contributed by atoms with Crippen LogP contribution < -0.4 is 0 Å². The Kier molecular flexibility index (Phi) is 10.2. The van der Waals surface area contributed by atoms with Crippen molar-refractivity contribution >= 4 is 11.9 Å². The van der Waals surface area contributed by atoms with Crippen LogP contribution in [0.4, 0.5) is 0 Å². The first kappa shape index (κ1) is 30.3. The SMILES string of the molecule is C/C=C1/[C@H](O[C@@H]2O[C@H](CO)[C@@H](O[C@@H]3O[C@H](CO)[C@@H](O)[C@H](O)[C@H]3O)[C@H](O)[C@H]2O)OC=C(C(=O)O)[C@H]1CC(=O)O. The van der Waals surface area contributed by atoms with E-state index in [0.717, 1.165) is 6.26 Å². The van der Waals surface area contributed by atoms with Crippen molar-refractivity contribution in [1.29, 1.82) is 0 Å². The van der Waals surface area contributed by atoms with E-state index < -0.39 is 105 Å². The van der Waals surface area contributed by atoms with E-state index in [2.05, 4.69) is 0 Å². The van der Waals surface area contributed by atoms with Crippen LogP contribution in [0, 0.1) is 5.92 Å². The first-order valence-corrected chi connectivity index (χ1v) is 11.7. The van der Waals surface area contributed by atoms with E-state index in [1.54, 1.807) is 0 Å². The molecule has 3 aliphatic rings. The van der Waals surface area contributed by atoms with Gasteiger partial charge in [-0.2, -0.15) is 0 Å². The van der Waals surface area contributed by atoms with Crippen molar-refractivity contribution in [1.82, 2.24) is 0 Å². The number of rotatable bonds is 9. The Bertz CT molecular complexity index is 902. The van der Waals surface area contributed by atoms with Crippen LogP contribution in [0.15, 0.2) is 23.5 Å². The molecule has 0 aliphatic carbocycles. The van der Waals surface area contributed by atoms with Gasteiger partial charge < -0.3 is 69.6 Å². The minimum Gasteiger partial charge on any atom is -0.481 e. The molecule has 2 saturated heterocycles. The number of carboxylic acid groups (broad SMARTS) is 2. The zero-order chi connectivity index (χ0) is 28.3. The highest BCUT2D eigenvalue weighted by Crippen LogP contribution is 2.36. The average Bonchev–Trinajstić information content (AvgIpc) is 2.87. The standard InChI is InChI=1S/C22H32O16/c1-2-7-8(3-12(25)26)9(19(32)33)6-34-20(7)38-22-17(31)15(29)18(11(5-24)36-22)37-21-16(30)14(28)13(27)10(4-23)35-21/h2,6,8,10-11,13-18,20-24,27-31H,3-5H2,1H3,(H,25,26)(H,32,33)/b7-2+/t8-,10+,11+,13+,14-,15+,16+,17+,18+,20-,21-,22-/m0/s1. The van der Waals surface area contributed by atoms with Crippen molar-refractivity contribution in [3.8, 4) is 0 Å². The number of ether oxygens (including phenoxy) is 5. The molecule has 0 aromatic carbocycles. The molecule has 16 nitrogen and oxygen atoms in total. The molecule has 16 heteroatoms. The van der Waals surface area contributed by atoms with E-state index in [4.69, 9.17) is 23.7 Å². The molecule has 0 aromatic rings. The molecule has 2 fully saturated rings. The first-order chi connectivity index (χ1) is 17.9. The third kappa shape index (κ3) is 6.16. The smallest absolute Gasteiger partial charge is 0.335 e. The minimum atomic E-state index is -1.88. The van der Waals surface area contributed by atoms with Gasteiger partial charge in [0.05, 0.1) is 31.5 Å². The van der Waals surface area contributed by atoms with Crippen LogP contribution in [-0.2, 0) is 33.3 Å². The molecule has 3 aliphatic heterocycles. The van der Waals surface area contributed by atoms with Gasteiger partial charge in [-0.3, -0.25) is 4.79 Å². The second kappa shape index (κ2) is 12.8. The van der Waals surface area contributed by atoms with Crippen molar-refractivity contribution in [3.63, 3.8) is 0 Å². The second-order valence-corrected chi connectivity index (χ2v) is 8.93. The van der Waals surface area contributed by atoms with Crippen LogP contribution in [0.2, 0.25) is 0 Å². The lowest BCUT2D eigenvalue weighted by atomic mass is 9.86. The summed E-state index contributed by atoms with van der Waals surface area (Å²) in [5.74, 6) is -3.85. The van der Waals surface area contributed by atoms with E-state index in [-0.39, 0.29) is 11.1 Å². The molecule has 0 radical (unpaired) electrons. The maximum atomic E-state index is 11.6. The monoisotopic (exact) mass is 552 g/mol. The summed E-state index contributed by atoms with van der Waals surface area (Å²) in [5.41, 5.74) is -0.246. The topological polar surface area (TPSA) is 262 Å². The lowest BCUT2D eigenvalue weighted by Crippen LogP contribution is -2.65. The van der Waals surface area contributed by atoms with E-state index in [1.165, 1.54) is 13.0 Å². The molecule has 0 bridgehead atoms. The summed E-state index contributed by atoms with van der Waals surface area (Å²) < 4.78 is 27.2. The molecule has 216 valence electrons. The van der Waals surface area contributed by atoms with E-state index >= 15 is 0 Å². The van der Waals surface area contributed by atoms with Gasteiger partial charge in [-0.05, 0) is 6.92 Å². The van der Waals surface area contributed by atoms with Gasteiger partial charge >= 0.3 is 11.9 Å². The molecule has 0 unspecified atom stereocenters. The maximum absolute atomic E-state index is 11.6. The predicted octanol–water partition coefficient (Wildman–Crippen LogP) is -4.01. The highest BCUT2D eigenvalue weighted by atomic mass is 16.8. The van der Waals surface area contributed by atoms with Crippen LogP contribution in [0.3, 0.4) is 0 Å². The van der Waals surface area contributed by atoms with Gasteiger partial charge in [0.25, 0.3) is 0 Å². The van der Waals surface area contributed by atoms with Gasteiger partial charge in [-0.15, -0.1) is 0 Å². The van der Waals surface area contributed by atoms with Crippen molar-refractivity contribution in [2.45, 2.75) is 81.0 Å². The summed E-state index contributed by atoms with van der Waals surface area (Å²) in [5, 5.41) is 89.3. The summed E-state index contributed by atoms with van der Waals surface area (Å²) in [4.78, 5) is 22.9.